The van der Waals surface area contributed by atoms with Crippen molar-refractivity contribution in [1.82, 2.24) is 19.7 Å². The summed E-state index contributed by atoms with van der Waals surface area (Å²) in [6, 6.07) is 25.0. The number of morpholine rings is 1. The van der Waals surface area contributed by atoms with Crippen LogP contribution in [0.3, 0.4) is 0 Å². The van der Waals surface area contributed by atoms with Gasteiger partial charge in [-0.05, 0) is 78.2 Å². The van der Waals surface area contributed by atoms with Crippen LogP contribution in [0.5, 0.6) is 0 Å². The molecule has 0 atom stereocenters. The molecule has 3 aromatic carbocycles. The molecular weight excluding hydrogens is 632 g/mol. The molecule has 2 saturated heterocycles. The van der Waals surface area contributed by atoms with Crippen LogP contribution in [0.2, 0.25) is 0 Å². The quantitative estimate of drug-likeness (QED) is 0.273. The van der Waals surface area contributed by atoms with Gasteiger partial charge < -0.3 is 34.5 Å². The summed E-state index contributed by atoms with van der Waals surface area (Å²) in [7, 11) is 3.51. The number of carbonyl (C=O) groups excluding carboxylic acids is 3. The Kier molecular flexibility index (Phi) is 9.46. The van der Waals surface area contributed by atoms with Gasteiger partial charge in [-0.15, -0.1) is 0 Å². The van der Waals surface area contributed by atoms with Gasteiger partial charge in [0.25, 0.3) is 17.7 Å². The van der Waals surface area contributed by atoms with Crippen molar-refractivity contribution in [2.24, 2.45) is 0 Å². The molecule has 50 heavy (non-hydrogen) atoms. The highest BCUT2D eigenvalue weighted by molar-refractivity contribution is 6.04. The van der Waals surface area contributed by atoms with Crippen molar-refractivity contribution in [3.05, 3.63) is 118 Å². The lowest BCUT2D eigenvalue weighted by Gasteiger charge is -2.53. The molecule has 0 saturated carbocycles. The number of hydrogen-bond acceptors (Lipinski definition) is 7. The van der Waals surface area contributed by atoms with Gasteiger partial charge >= 0.3 is 0 Å². The molecule has 0 radical (unpaired) electrons. The minimum atomic E-state index is -0.302. The first kappa shape index (κ1) is 33.5. The van der Waals surface area contributed by atoms with Crippen molar-refractivity contribution in [3.8, 4) is 0 Å². The van der Waals surface area contributed by atoms with Gasteiger partial charge in [-0.3, -0.25) is 19.3 Å². The Bertz CT molecular complexity index is 1860. The topological polar surface area (TPSA) is 108 Å². The number of anilines is 2. The number of fused-ring (bicyclic) bond motifs is 2. The monoisotopic (exact) mass is 676 g/mol. The molecule has 1 aromatic heterocycles. The lowest BCUT2D eigenvalue weighted by molar-refractivity contribution is -0.163. The van der Waals surface area contributed by atoms with Crippen molar-refractivity contribution in [1.29, 1.82) is 0 Å². The van der Waals surface area contributed by atoms with E-state index in [4.69, 9.17) is 9.47 Å². The van der Waals surface area contributed by atoms with E-state index >= 15 is 0 Å². The molecule has 2 N–H and O–H groups in total. The molecule has 2 fully saturated rings. The first-order chi connectivity index (χ1) is 24.2. The summed E-state index contributed by atoms with van der Waals surface area (Å²) >= 11 is 0. The van der Waals surface area contributed by atoms with E-state index in [1.165, 1.54) is 0 Å². The van der Waals surface area contributed by atoms with Gasteiger partial charge in [-0.25, -0.2) is 0 Å². The second kappa shape index (κ2) is 14.1. The summed E-state index contributed by atoms with van der Waals surface area (Å²) in [4.78, 5) is 45.1. The fraction of sp³-hybridized carbons (Fsp3) is 0.359. The lowest BCUT2D eigenvalue weighted by atomic mass is 9.86. The Labute approximate surface area is 292 Å². The second-order valence-electron chi connectivity index (χ2n) is 13.5. The zero-order chi connectivity index (χ0) is 34.8. The molecule has 3 aliphatic heterocycles. The number of benzene rings is 3. The van der Waals surface area contributed by atoms with Crippen molar-refractivity contribution in [2.75, 3.05) is 70.4 Å². The standard InChI is InChI=1S/C39H44N6O5/c1-27-22-34(45-17-16-44(39(35(27)45)25-50-26-39)24-29-4-8-31(9-5-29)38(48)42(2)3)37(47)40-23-28-6-12-32(13-7-28)41-36(46)30-10-14-33(15-11-30)43-18-20-49-21-19-43/h4-15,22H,16-21,23-26H2,1-3H3,(H,40,47)(H,41,46). The molecule has 3 amide bonds. The van der Waals surface area contributed by atoms with Crippen molar-refractivity contribution in [2.45, 2.75) is 32.1 Å². The van der Waals surface area contributed by atoms with Crippen LogP contribution in [-0.2, 0) is 34.6 Å². The molecular formula is C39H44N6O5. The molecule has 0 aliphatic carbocycles. The van der Waals surface area contributed by atoms with Gasteiger partial charge in [0.1, 0.15) is 11.2 Å². The summed E-state index contributed by atoms with van der Waals surface area (Å²) in [6.45, 7) is 8.88. The summed E-state index contributed by atoms with van der Waals surface area (Å²) in [5.41, 5.74) is 7.66. The van der Waals surface area contributed by atoms with E-state index in [0.717, 1.165) is 54.3 Å². The van der Waals surface area contributed by atoms with Gasteiger partial charge in [0.15, 0.2) is 0 Å². The largest absolute Gasteiger partial charge is 0.378 e. The van der Waals surface area contributed by atoms with E-state index in [2.05, 4.69) is 31.9 Å². The first-order valence-corrected chi connectivity index (χ1v) is 17.2. The van der Waals surface area contributed by atoms with Gasteiger partial charge in [0.05, 0.1) is 26.4 Å². The molecule has 1 spiro atoms. The number of aromatic nitrogens is 1. The molecule has 11 heteroatoms. The first-order valence-electron chi connectivity index (χ1n) is 17.2. The molecule has 7 rings (SSSR count). The fourth-order valence-corrected chi connectivity index (χ4v) is 7.21. The van der Waals surface area contributed by atoms with Crippen LogP contribution in [-0.4, -0.2) is 92.2 Å². The Hall–Kier alpha value is -4.97. The number of nitrogens with one attached hydrogen (secondary N) is 2. The summed E-state index contributed by atoms with van der Waals surface area (Å²) in [5.74, 6) is -0.307. The number of rotatable bonds is 9. The summed E-state index contributed by atoms with van der Waals surface area (Å²) in [5, 5.41) is 6.07. The van der Waals surface area contributed by atoms with Crippen molar-refractivity contribution >= 4 is 29.1 Å². The average Bonchev–Trinajstić information content (AvgIpc) is 3.47. The molecule has 4 aromatic rings. The molecule has 0 unspecified atom stereocenters. The normalized spacial score (nSPS) is 16.7. The maximum Gasteiger partial charge on any atom is 0.268 e. The van der Waals surface area contributed by atoms with E-state index < -0.39 is 0 Å². The number of amides is 3. The third kappa shape index (κ3) is 6.64. The van der Waals surface area contributed by atoms with Crippen LogP contribution in [0.15, 0.2) is 78.9 Å². The maximum absolute atomic E-state index is 13.5. The number of ether oxygens (including phenoxy) is 2. The highest BCUT2D eigenvalue weighted by Gasteiger charge is 2.51. The van der Waals surface area contributed by atoms with E-state index in [-0.39, 0.29) is 23.3 Å². The number of carbonyl (C=O) groups is 3. The van der Waals surface area contributed by atoms with Crippen molar-refractivity contribution in [3.63, 3.8) is 0 Å². The highest BCUT2D eigenvalue weighted by atomic mass is 16.5. The van der Waals surface area contributed by atoms with Gasteiger partial charge in [-0.2, -0.15) is 0 Å². The highest BCUT2D eigenvalue weighted by Crippen LogP contribution is 2.42. The van der Waals surface area contributed by atoms with Gasteiger partial charge in [0.2, 0.25) is 0 Å². The second-order valence-corrected chi connectivity index (χ2v) is 13.5. The SMILES string of the molecule is Cc1cc(C(=O)NCc2ccc(NC(=O)c3ccc(N4CCOCC4)cc3)cc2)n2c1C1(COC1)N(Cc1ccc(C(=O)N(C)C)cc1)CC2. The predicted molar refractivity (Wildman–Crippen MR) is 192 cm³/mol. The van der Waals surface area contributed by atoms with Crippen LogP contribution >= 0.6 is 0 Å². The molecule has 3 aliphatic rings. The van der Waals surface area contributed by atoms with E-state index in [0.29, 0.717) is 62.0 Å². The van der Waals surface area contributed by atoms with Gasteiger partial charge in [-0.1, -0.05) is 24.3 Å². The third-order valence-corrected chi connectivity index (χ3v) is 9.99. The van der Waals surface area contributed by atoms with Crippen LogP contribution < -0.4 is 15.5 Å². The van der Waals surface area contributed by atoms with Crippen LogP contribution in [0.25, 0.3) is 0 Å². The van der Waals surface area contributed by atoms with Crippen LogP contribution in [0.1, 0.15) is 53.6 Å². The third-order valence-electron chi connectivity index (χ3n) is 9.99. The van der Waals surface area contributed by atoms with E-state index in [1.54, 1.807) is 19.0 Å². The molecule has 11 nitrogen and oxygen atoms in total. The summed E-state index contributed by atoms with van der Waals surface area (Å²) in [6.07, 6.45) is 0. The molecule has 4 heterocycles. The van der Waals surface area contributed by atoms with Crippen LogP contribution in [0.4, 0.5) is 11.4 Å². The average molecular weight is 677 g/mol. The zero-order valence-electron chi connectivity index (χ0n) is 28.9. The smallest absolute Gasteiger partial charge is 0.268 e. The fourth-order valence-electron chi connectivity index (χ4n) is 7.21. The number of aryl methyl sites for hydroxylation is 1. The van der Waals surface area contributed by atoms with Crippen LogP contribution in [0, 0.1) is 6.92 Å². The van der Waals surface area contributed by atoms with E-state index in [1.807, 2.05) is 78.9 Å². The van der Waals surface area contributed by atoms with Gasteiger partial charge in [0, 0.05) is 81.6 Å². The minimum Gasteiger partial charge on any atom is -0.378 e. The lowest BCUT2D eigenvalue weighted by Crippen LogP contribution is -2.63. The zero-order valence-corrected chi connectivity index (χ0v) is 28.9. The summed E-state index contributed by atoms with van der Waals surface area (Å²) < 4.78 is 13.4. The minimum absolute atomic E-state index is 0.0134. The van der Waals surface area contributed by atoms with Crippen molar-refractivity contribution < 1.29 is 23.9 Å². The number of hydrogen-bond donors (Lipinski definition) is 2. The Morgan fingerprint density at radius 1 is 0.780 bits per heavy atom. The Morgan fingerprint density at radius 2 is 1.44 bits per heavy atom. The number of nitrogens with zero attached hydrogens (tertiary/aromatic N) is 4. The Balaban J connectivity index is 0.962. The molecule has 0 bridgehead atoms. The van der Waals surface area contributed by atoms with E-state index in [9.17, 15) is 14.4 Å². The molecule has 260 valence electrons. The predicted octanol–water partition coefficient (Wildman–Crippen LogP) is 4.26. The Morgan fingerprint density at radius 3 is 2.08 bits per heavy atom. The maximum atomic E-state index is 13.5.